The van der Waals surface area contributed by atoms with Crippen molar-refractivity contribution in [3.8, 4) is 11.5 Å². The number of nitrogens with zero attached hydrogens (tertiary/aromatic N) is 1. The van der Waals surface area contributed by atoms with Gasteiger partial charge in [-0.15, -0.1) is 0 Å². The van der Waals surface area contributed by atoms with Gasteiger partial charge in [0.25, 0.3) is 0 Å². The lowest BCUT2D eigenvalue weighted by Gasteiger charge is -2.43. The summed E-state index contributed by atoms with van der Waals surface area (Å²) in [5.74, 6) is 1.22. The van der Waals surface area contributed by atoms with E-state index < -0.39 is 0 Å². The number of fused-ring (bicyclic) bond motifs is 2. The molecule has 2 saturated heterocycles. The summed E-state index contributed by atoms with van der Waals surface area (Å²) in [7, 11) is 0. The van der Waals surface area contributed by atoms with Crippen molar-refractivity contribution in [2.75, 3.05) is 19.9 Å². The normalized spacial score (nSPS) is 29.5. The summed E-state index contributed by atoms with van der Waals surface area (Å²) in [5, 5.41) is 6.78. The minimum absolute atomic E-state index is 0.0321. The molecule has 3 heterocycles. The van der Waals surface area contributed by atoms with E-state index in [0.717, 1.165) is 25.0 Å². The first-order chi connectivity index (χ1) is 15.1. The van der Waals surface area contributed by atoms with Crippen LogP contribution in [-0.2, 0) is 20.9 Å². The van der Waals surface area contributed by atoms with E-state index in [1.807, 2.05) is 18.2 Å². The zero-order chi connectivity index (χ0) is 21.4. The first kappa shape index (κ1) is 20.5. The maximum atomic E-state index is 13.2. The molecule has 0 bridgehead atoms. The molecule has 1 aliphatic carbocycles. The van der Waals surface area contributed by atoms with Gasteiger partial charge in [0.2, 0.25) is 18.6 Å². The van der Waals surface area contributed by atoms with Crippen LogP contribution in [0.2, 0.25) is 0 Å². The third-order valence-corrected chi connectivity index (χ3v) is 7.00. The third kappa shape index (κ3) is 4.21. The summed E-state index contributed by atoms with van der Waals surface area (Å²) in [5.41, 5.74) is 0.933. The monoisotopic (exact) mass is 445 g/mol. The average molecular weight is 446 g/mol. The lowest BCUT2D eigenvalue weighted by atomic mass is 9.76. The lowest BCUT2D eigenvalue weighted by molar-refractivity contribution is -0.138. The molecule has 166 valence electrons. The van der Waals surface area contributed by atoms with Crippen LogP contribution in [0.15, 0.2) is 18.2 Å². The van der Waals surface area contributed by atoms with Gasteiger partial charge in [0.1, 0.15) is 0 Å². The molecule has 2 N–H and O–H groups in total. The van der Waals surface area contributed by atoms with Gasteiger partial charge in [0.15, 0.2) is 16.6 Å². The number of carbonyl (C=O) groups is 2. The molecule has 8 nitrogen and oxygen atoms in total. The summed E-state index contributed by atoms with van der Waals surface area (Å²) < 4.78 is 16.4. The van der Waals surface area contributed by atoms with E-state index in [0.29, 0.717) is 49.0 Å². The van der Waals surface area contributed by atoms with Crippen molar-refractivity contribution in [1.29, 1.82) is 0 Å². The van der Waals surface area contributed by atoms with Gasteiger partial charge in [0, 0.05) is 25.1 Å². The highest BCUT2D eigenvalue weighted by Gasteiger charge is 2.44. The zero-order valence-corrected chi connectivity index (χ0v) is 18.1. The van der Waals surface area contributed by atoms with Gasteiger partial charge in [-0.1, -0.05) is 6.07 Å². The van der Waals surface area contributed by atoms with Crippen LogP contribution in [0.25, 0.3) is 0 Å². The van der Waals surface area contributed by atoms with E-state index in [-0.39, 0.29) is 42.6 Å². The first-order valence-electron chi connectivity index (χ1n) is 11.0. The Morgan fingerprint density at radius 3 is 2.94 bits per heavy atom. The fraction of sp³-hybridized carbons (Fsp3) is 0.591. The summed E-state index contributed by atoms with van der Waals surface area (Å²) >= 11 is 5.52. The van der Waals surface area contributed by atoms with E-state index >= 15 is 0 Å². The number of hydrogen-bond acceptors (Lipinski definition) is 6. The van der Waals surface area contributed by atoms with Crippen molar-refractivity contribution >= 4 is 29.1 Å². The van der Waals surface area contributed by atoms with Gasteiger partial charge < -0.3 is 24.8 Å². The molecule has 1 aromatic carbocycles. The van der Waals surface area contributed by atoms with Gasteiger partial charge in [-0.3, -0.25) is 14.5 Å². The molecule has 9 heteroatoms. The Morgan fingerprint density at radius 1 is 1.23 bits per heavy atom. The smallest absolute Gasteiger partial charge is 0.234 e. The molecule has 4 aliphatic rings. The number of benzene rings is 1. The molecule has 0 radical (unpaired) electrons. The summed E-state index contributed by atoms with van der Waals surface area (Å²) in [4.78, 5) is 27.5. The number of hydrogen-bond donors (Lipinski definition) is 2. The zero-order valence-electron chi connectivity index (χ0n) is 17.3. The number of thiocarbonyl (C=S) groups is 1. The topological polar surface area (TPSA) is 89.1 Å². The Bertz CT molecular complexity index is 888. The Hall–Kier alpha value is -2.39. The van der Waals surface area contributed by atoms with E-state index in [2.05, 4.69) is 10.6 Å². The van der Waals surface area contributed by atoms with Crippen molar-refractivity contribution in [3.63, 3.8) is 0 Å². The van der Waals surface area contributed by atoms with Crippen LogP contribution in [0.3, 0.4) is 0 Å². The number of rotatable bonds is 5. The predicted octanol–water partition coefficient (Wildman–Crippen LogP) is 1.71. The van der Waals surface area contributed by atoms with Gasteiger partial charge in [0.05, 0.1) is 18.6 Å². The van der Waals surface area contributed by atoms with Gasteiger partial charge >= 0.3 is 0 Å². The number of carbonyl (C=O) groups excluding carboxylic acids is 2. The molecule has 31 heavy (non-hydrogen) atoms. The minimum Gasteiger partial charge on any atom is -0.454 e. The average Bonchev–Trinajstić information content (AvgIpc) is 3.46. The van der Waals surface area contributed by atoms with Crippen molar-refractivity contribution in [2.45, 2.75) is 50.8 Å². The SMILES string of the molecule is O=C(NCC1CCCO1)C1CCC2C(=O)N(Cc3ccc4c(c3)OCO4)C(=S)NC2C1. The largest absolute Gasteiger partial charge is 0.454 e. The molecule has 3 fully saturated rings. The molecule has 4 atom stereocenters. The quantitative estimate of drug-likeness (QED) is 0.667. The molecule has 0 spiro atoms. The number of nitrogens with one attached hydrogen (secondary N) is 2. The Balaban J connectivity index is 1.19. The van der Waals surface area contributed by atoms with Crippen molar-refractivity contribution in [2.24, 2.45) is 11.8 Å². The van der Waals surface area contributed by atoms with Crippen molar-refractivity contribution in [3.05, 3.63) is 23.8 Å². The van der Waals surface area contributed by atoms with Crippen LogP contribution >= 0.6 is 12.2 Å². The van der Waals surface area contributed by atoms with Crippen LogP contribution in [0, 0.1) is 11.8 Å². The summed E-state index contributed by atoms with van der Waals surface area (Å²) in [6, 6.07) is 5.57. The van der Waals surface area contributed by atoms with E-state index in [1.165, 1.54) is 0 Å². The fourth-order valence-electron chi connectivity index (χ4n) is 4.94. The maximum absolute atomic E-state index is 13.2. The predicted molar refractivity (Wildman–Crippen MR) is 115 cm³/mol. The van der Waals surface area contributed by atoms with Crippen LogP contribution in [0.5, 0.6) is 11.5 Å². The Morgan fingerprint density at radius 2 is 2.10 bits per heavy atom. The molecular formula is C22H27N3O5S. The first-order valence-corrected chi connectivity index (χ1v) is 11.4. The maximum Gasteiger partial charge on any atom is 0.234 e. The highest BCUT2D eigenvalue weighted by atomic mass is 32.1. The van der Waals surface area contributed by atoms with Crippen molar-refractivity contribution in [1.82, 2.24) is 15.5 Å². The molecule has 5 rings (SSSR count). The lowest BCUT2D eigenvalue weighted by Crippen LogP contribution is -2.61. The number of amides is 2. The van der Waals surface area contributed by atoms with Gasteiger partial charge in [-0.05, 0) is 62.0 Å². The van der Waals surface area contributed by atoms with Crippen LogP contribution in [0.1, 0.15) is 37.7 Å². The second kappa shape index (κ2) is 8.63. The minimum atomic E-state index is -0.164. The van der Waals surface area contributed by atoms with Crippen molar-refractivity contribution < 1.29 is 23.8 Å². The molecule has 1 aromatic rings. The van der Waals surface area contributed by atoms with Gasteiger partial charge in [-0.25, -0.2) is 0 Å². The highest BCUT2D eigenvalue weighted by molar-refractivity contribution is 7.80. The highest BCUT2D eigenvalue weighted by Crippen LogP contribution is 2.35. The fourth-order valence-corrected chi connectivity index (χ4v) is 5.24. The second-order valence-electron chi connectivity index (χ2n) is 8.66. The summed E-state index contributed by atoms with van der Waals surface area (Å²) in [6.45, 7) is 1.95. The van der Waals surface area contributed by atoms with E-state index in [9.17, 15) is 9.59 Å². The molecule has 2 amide bonds. The Labute approximate surface area is 186 Å². The molecule has 1 saturated carbocycles. The number of ether oxygens (including phenoxy) is 3. The summed E-state index contributed by atoms with van der Waals surface area (Å²) in [6.07, 6.45) is 4.18. The molecule has 0 aromatic heterocycles. The van der Waals surface area contributed by atoms with Crippen LogP contribution in [0.4, 0.5) is 0 Å². The Kier molecular flexibility index (Phi) is 5.71. The third-order valence-electron chi connectivity index (χ3n) is 6.66. The molecular weight excluding hydrogens is 418 g/mol. The molecule has 4 unspecified atom stereocenters. The second-order valence-corrected chi connectivity index (χ2v) is 9.05. The standard InChI is InChI=1S/C22H27N3O5S/c26-20(23-10-15-2-1-7-28-15)14-4-5-16-17(9-14)24-22(31)25(21(16)27)11-13-3-6-18-19(8-13)30-12-29-18/h3,6,8,14-17H,1-2,4-5,7,9-12H2,(H,23,26)(H,24,31). The van der Waals surface area contributed by atoms with E-state index in [1.54, 1.807) is 4.90 Å². The van der Waals surface area contributed by atoms with Crippen LogP contribution < -0.4 is 20.1 Å². The van der Waals surface area contributed by atoms with Crippen LogP contribution in [-0.4, -0.2) is 53.9 Å². The van der Waals surface area contributed by atoms with E-state index in [4.69, 9.17) is 26.4 Å². The van der Waals surface area contributed by atoms with Gasteiger partial charge in [-0.2, -0.15) is 0 Å². The molecule has 3 aliphatic heterocycles.